The van der Waals surface area contributed by atoms with E-state index in [1.165, 1.54) is 23.5 Å². The van der Waals surface area contributed by atoms with Gasteiger partial charge in [0.15, 0.2) is 0 Å². The average molecular weight is 774 g/mol. The number of hydrogen-bond acceptors (Lipinski definition) is 9. The summed E-state index contributed by atoms with van der Waals surface area (Å²) in [6.07, 6.45) is 5.21. The number of benzene rings is 2. The van der Waals surface area contributed by atoms with E-state index in [1.54, 1.807) is 32.8 Å². The molecule has 0 unspecified atom stereocenters. The van der Waals surface area contributed by atoms with Crippen LogP contribution in [0, 0.1) is 0 Å². The molecule has 3 saturated heterocycles. The monoisotopic (exact) mass is 772 g/mol. The summed E-state index contributed by atoms with van der Waals surface area (Å²) in [5.74, 6) is 0.412. The van der Waals surface area contributed by atoms with Crippen molar-refractivity contribution in [3.63, 3.8) is 0 Å². The molecule has 3 aliphatic heterocycles. The summed E-state index contributed by atoms with van der Waals surface area (Å²) >= 11 is 16.9. The third kappa shape index (κ3) is 9.11. The number of hydrogen-bond donors (Lipinski definition) is 0. The summed E-state index contributed by atoms with van der Waals surface area (Å²) in [6.45, 7) is 2.60. The minimum atomic E-state index is -0.158. The molecule has 3 fully saturated rings. The Kier molecular flexibility index (Phi) is 12.3. The fourth-order valence-corrected chi connectivity index (χ4v) is 8.35. The smallest absolute Gasteiger partial charge is 0.266 e. The van der Waals surface area contributed by atoms with E-state index >= 15 is 0 Å². The van der Waals surface area contributed by atoms with Crippen LogP contribution in [-0.2, 0) is 19.2 Å². The van der Waals surface area contributed by atoms with Gasteiger partial charge in [-0.3, -0.25) is 29.0 Å². The van der Waals surface area contributed by atoms with Crippen LogP contribution in [0.5, 0.6) is 5.75 Å². The van der Waals surface area contributed by atoms with Gasteiger partial charge in [0.05, 0.1) is 16.9 Å². The van der Waals surface area contributed by atoms with E-state index in [2.05, 4.69) is 15.9 Å². The van der Waals surface area contributed by atoms with Crippen LogP contribution in [0.1, 0.15) is 36.8 Å². The zero-order valence-corrected chi connectivity index (χ0v) is 30.5. The quantitative estimate of drug-likeness (QED) is 0.208. The second kappa shape index (κ2) is 16.4. The van der Waals surface area contributed by atoms with Crippen LogP contribution in [-0.4, -0.2) is 98.2 Å². The van der Waals surface area contributed by atoms with Crippen molar-refractivity contribution in [3.8, 4) is 5.75 Å². The number of carbonyl (C=O) groups is 4. The predicted molar refractivity (Wildman–Crippen MR) is 199 cm³/mol. The van der Waals surface area contributed by atoms with E-state index in [0.29, 0.717) is 89.2 Å². The molecule has 5 rings (SSSR count). The van der Waals surface area contributed by atoms with Crippen molar-refractivity contribution in [2.24, 2.45) is 0 Å². The number of amides is 4. The molecule has 0 spiro atoms. The van der Waals surface area contributed by atoms with Gasteiger partial charge in [-0.1, -0.05) is 88.2 Å². The first kappa shape index (κ1) is 35.3. The van der Waals surface area contributed by atoms with Gasteiger partial charge in [0.1, 0.15) is 14.4 Å². The van der Waals surface area contributed by atoms with Gasteiger partial charge < -0.3 is 14.5 Å². The highest BCUT2D eigenvalue weighted by Gasteiger charge is 2.33. The summed E-state index contributed by atoms with van der Waals surface area (Å²) < 4.78 is 7.17. The predicted octanol–water partition coefficient (Wildman–Crippen LogP) is 5.79. The number of carbonyl (C=O) groups excluding carboxylic acids is 4. The van der Waals surface area contributed by atoms with E-state index in [-0.39, 0.29) is 23.6 Å². The molecule has 2 aromatic rings. The molecule has 3 heterocycles. The first-order valence-corrected chi connectivity index (χ1v) is 18.3. The van der Waals surface area contributed by atoms with Crippen molar-refractivity contribution in [2.75, 3.05) is 46.4 Å². The van der Waals surface area contributed by atoms with E-state index in [9.17, 15) is 19.2 Å². The van der Waals surface area contributed by atoms with Crippen LogP contribution in [0.15, 0.2) is 62.8 Å². The Bertz CT molecular complexity index is 1660. The number of methoxy groups -OCH3 is 1. The molecular weight excluding hydrogens is 741 g/mol. The van der Waals surface area contributed by atoms with Gasteiger partial charge in [-0.2, -0.15) is 0 Å². The molecule has 0 atom stereocenters. The van der Waals surface area contributed by atoms with Crippen LogP contribution in [0.4, 0.5) is 0 Å². The molecule has 246 valence electrons. The Morgan fingerprint density at radius 2 is 1.26 bits per heavy atom. The van der Waals surface area contributed by atoms with Gasteiger partial charge in [0.2, 0.25) is 11.8 Å². The van der Waals surface area contributed by atoms with Crippen molar-refractivity contribution in [1.29, 1.82) is 0 Å². The largest absolute Gasteiger partial charge is 0.497 e. The lowest BCUT2D eigenvalue weighted by atomic mass is 10.2. The van der Waals surface area contributed by atoms with E-state index in [1.807, 2.05) is 54.6 Å². The third-order valence-corrected chi connectivity index (χ3v) is 11.1. The van der Waals surface area contributed by atoms with Gasteiger partial charge in [0.25, 0.3) is 11.8 Å². The molecule has 0 aromatic heterocycles. The van der Waals surface area contributed by atoms with Crippen LogP contribution in [0.2, 0.25) is 0 Å². The Hall–Kier alpha value is -3.04. The zero-order valence-electron chi connectivity index (χ0n) is 25.7. The molecule has 0 radical (unpaired) electrons. The van der Waals surface area contributed by atoms with Gasteiger partial charge >= 0.3 is 0 Å². The van der Waals surface area contributed by atoms with Gasteiger partial charge in [-0.05, 0) is 60.4 Å². The molecule has 0 saturated carbocycles. The maximum atomic E-state index is 13.0. The molecule has 2 aromatic carbocycles. The van der Waals surface area contributed by atoms with E-state index in [0.717, 1.165) is 15.6 Å². The molecule has 3 aliphatic rings. The molecule has 9 nitrogen and oxygen atoms in total. The maximum Gasteiger partial charge on any atom is 0.266 e. The van der Waals surface area contributed by atoms with E-state index in [4.69, 9.17) is 29.2 Å². The van der Waals surface area contributed by atoms with Crippen molar-refractivity contribution in [3.05, 3.63) is 73.9 Å². The lowest BCUT2D eigenvalue weighted by Gasteiger charge is -2.35. The van der Waals surface area contributed by atoms with Crippen LogP contribution < -0.4 is 4.74 Å². The molecule has 0 bridgehead atoms. The number of ether oxygens (including phenoxy) is 1. The highest BCUT2D eigenvalue weighted by Crippen LogP contribution is 2.34. The Labute approximate surface area is 301 Å². The first-order valence-electron chi connectivity index (χ1n) is 15.1. The summed E-state index contributed by atoms with van der Waals surface area (Å²) in [5, 5.41) is 0. The summed E-state index contributed by atoms with van der Waals surface area (Å²) in [5.41, 5.74) is 1.76. The molecule has 0 N–H and O–H groups in total. The number of rotatable bonds is 11. The number of thioether (sulfide) groups is 2. The van der Waals surface area contributed by atoms with Crippen LogP contribution in [0.3, 0.4) is 0 Å². The first-order chi connectivity index (χ1) is 22.6. The maximum absolute atomic E-state index is 13.0. The van der Waals surface area contributed by atoms with Crippen molar-refractivity contribution < 1.29 is 23.9 Å². The third-order valence-electron chi connectivity index (χ3n) is 7.81. The van der Waals surface area contributed by atoms with Crippen molar-refractivity contribution in [2.45, 2.75) is 25.7 Å². The van der Waals surface area contributed by atoms with Gasteiger partial charge in [-0.25, -0.2) is 0 Å². The normalized spacial score (nSPS) is 18.7. The van der Waals surface area contributed by atoms with Gasteiger partial charge in [0, 0.05) is 56.6 Å². The minimum absolute atomic E-state index is 0.000241. The molecule has 47 heavy (non-hydrogen) atoms. The molecule has 0 aliphatic carbocycles. The minimum Gasteiger partial charge on any atom is -0.497 e. The second-order valence-corrected chi connectivity index (χ2v) is 15.2. The van der Waals surface area contributed by atoms with Crippen molar-refractivity contribution in [1.82, 2.24) is 19.6 Å². The van der Waals surface area contributed by atoms with Gasteiger partial charge in [-0.15, -0.1) is 0 Å². The molecular formula is C33H33BrN4O5S4. The lowest BCUT2D eigenvalue weighted by Crippen LogP contribution is -2.50. The molecule has 14 heteroatoms. The fraction of sp³-hybridized carbons (Fsp3) is 0.333. The fourth-order valence-electron chi connectivity index (χ4n) is 5.31. The standard InChI is InChI=1S/C33H33BrN4O5S4/c1-43-25-9-3-7-23(19-25)21-27-31(42)38(33(45)47-27)13-5-11-29(40)36-16-14-35(15-17-36)28(39)10-4-12-37-30(41)26(46-32(37)44)20-22-6-2-8-24(34)18-22/h2-3,6-9,18-21H,4-5,10-17H2,1H3. The SMILES string of the molecule is COc1cccc(C=C2SC(=S)N(CCCC(=O)N3CCN(C(=O)CCCN4C(=O)C(=Cc5cccc(Br)c5)SC4=S)CC3)C2=O)c1. The summed E-state index contributed by atoms with van der Waals surface area (Å²) in [7, 11) is 1.59. The number of halogens is 1. The highest BCUT2D eigenvalue weighted by atomic mass is 79.9. The Morgan fingerprint density at radius 1 is 0.787 bits per heavy atom. The number of thiocarbonyl (C=S) groups is 2. The van der Waals surface area contributed by atoms with Crippen molar-refractivity contribution >= 4 is 108 Å². The summed E-state index contributed by atoms with van der Waals surface area (Å²) in [6, 6.07) is 15.1. The summed E-state index contributed by atoms with van der Waals surface area (Å²) in [4.78, 5) is 59.5. The Morgan fingerprint density at radius 3 is 1.72 bits per heavy atom. The average Bonchev–Trinajstić information content (AvgIpc) is 3.48. The number of piperazine rings is 1. The molecule has 4 amide bonds. The van der Waals surface area contributed by atoms with Crippen LogP contribution >= 0.6 is 63.9 Å². The topological polar surface area (TPSA) is 90.5 Å². The van der Waals surface area contributed by atoms with Crippen LogP contribution in [0.25, 0.3) is 12.2 Å². The second-order valence-electron chi connectivity index (χ2n) is 11.0. The zero-order chi connectivity index (χ0) is 33.5. The number of nitrogens with zero attached hydrogens (tertiary/aromatic N) is 4. The van der Waals surface area contributed by atoms with E-state index < -0.39 is 0 Å². The highest BCUT2D eigenvalue weighted by molar-refractivity contribution is 9.10. The Balaban J connectivity index is 1.01. The lowest BCUT2D eigenvalue weighted by molar-refractivity contribution is -0.139.